The summed E-state index contributed by atoms with van der Waals surface area (Å²) < 4.78 is 1.82. The number of nitrogens with zero attached hydrogens (tertiary/aromatic N) is 4. The lowest BCUT2D eigenvalue weighted by molar-refractivity contribution is -0.135. The molecular weight excluding hydrogens is 314 g/mol. The number of aryl methyl sites for hydroxylation is 1. The van der Waals surface area contributed by atoms with Crippen LogP contribution < -0.4 is 5.32 Å². The van der Waals surface area contributed by atoms with Crippen molar-refractivity contribution in [2.45, 2.75) is 24.9 Å². The van der Waals surface area contributed by atoms with Crippen LogP contribution in [0.25, 0.3) is 0 Å². The highest BCUT2D eigenvalue weighted by Gasteiger charge is 2.43. The fraction of sp³-hybridized carbons (Fsp3) is 0.474. The van der Waals surface area contributed by atoms with Gasteiger partial charge in [-0.05, 0) is 31.5 Å². The van der Waals surface area contributed by atoms with E-state index < -0.39 is 5.54 Å². The van der Waals surface area contributed by atoms with Crippen LogP contribution in [0.3, 0.4) is 0 Å². The van der Waals surface area contributed by atoms with Crippen molar-refractivity contribution >= 4 is 11.6 Å². The topological polar surface area (TPSA) is 53.4 Å². The number of benzene rings is 1. The third kappa shape index (κ3) is 4.02. The summed E-state index contributed by atoms with van der Waals surface area (Å²) in [7, 11) is 5.59. The molecule has 1 amide bonds. The number of hydrogen-bond acceptors (Lipinski definition) is 4. The fourth-order valence-corrected chi connectivity index (χ4v) is 3.65. The summed E-state index contributed by atoms with van der Waals surface area (Å²) in [6, 6.07) is 10.0. The minimum absolute atomic E-state index is 0.132. The second-order valence-corrected chi connectivity index (χ2v) is 7.11. The zero-order chi connectivity index (χ0) is 17.9. The number of para-hydroxylation sites is 1. The van der Waals surface area contributed by atoms with Crippen molar-refractivity contribution in [3.8, 4) is 0 Å². The highest BCUT2D eigenvalue weighted by atomic mass is 16.2. The van der Waals surface area contributed by atoms with Gasteiger partial charge in [-0.2, -0.15) is 5.10 Å². The summed E-state index contributed by atoms with van der Waals surface area (Å²) in [4.78, 5) is 17.1. The standard InChI is InChI=1S/C19H27N5O/c1-22(2)18(25)19(21-17-8-5-4-6-9-17)10-7-11-24(15-19)14-16-12-20-23(3)13-16/h4-6,8-9,12-13,21H,7,10-11,14-15H2,1-3H3. The SMILES string of the molecule is CN(C)C(=O)C1(Nc2ccccc2)CCCN(Cc2cnn(C)c2)C1. The molecule has 3 rings (SSSR count). The largest absolute Gasteiger partial charge is 0.370 e. The van der Waals surface area contributed by atoms with Crippen LogP contribution in [-0.2, 0) is 18.4 Å². The summed E-state index contributed by atoms with van der Waals surface area (Å²) in [5, 5.41) is 7.79. The van der Waals surface area contributed by atoms with Gasteiger partial charge >= 0.3 is 0 Å². The first-order chi connectivity index (χ1) is 12.0. The molecule has 0 radical (unpaired) electrons. The first-order valence-electron chi connectivity index (χ1n) is 8.73. The molecule has 2 heterocycles. The van der Waals surface area contributed by atoms with Gasteiger partial charge in [0.1, 0.15) is 5.54 Å². The molecule has 1 saturated heterocycles. The Morgan fingerprint density at radius 2 is 2.08 bits per heavy atom. The lowest BCUT2D eigenvalue weighted by Gasteiger charge is -2.43. The van der Waals surface area contributed by atoms with Crippen LogP contribution in [0, 0.1) is 0 Å². The smallest absolute Gasteiger partial charge is 0.249 e. The number of hydrogen-bond donors (Lipinski definition) is 1. The van der Waals surface area contributed by atoms with Crippen LogP contribution in [0.1, 0.15) is 18.4 Å². The van der Waals surface area contributed by atoms with E-state index in [1.54, 1.807) is 4.90 Å². The van der Waals surface area contributed by atoms with E-state index in [0.717, 1.165) is 31.6 Å². The molecule has 1 aliphatic heterocycles. The molecule has 1 aliphatic rings. The van der Waals surface area contributed by atoms with Crippen LogP contribution in [0.4, 0.5) is 5.69 Å². The number of carbonyl (C=O) groups is 1. The summed E-state index contributed by atoms with van der Waals surface area (Å²) in [5.74, 6) is 0.132. The Kier molecular flexibility index (Phi) is 5.08. The molecule has 0 bridgehead atoms. The number of piperidine rings is 1. The molecule has 2 aromatic rings. The van der Waals surface area contributed by atoms with E-state index in [9.17, 15) is 4.79 Å². The first-order valence-corrected chi connectivity index (χ1v) is 8.73. The van der Waals surface area contributed by atoms with E-state index in [1.807, 2.05) is 68.6 Å². The van der Waals surface area contributed by atoms with E-state index >= 15 is 0 Å². The molecule has 1 unspecified atom stereocenters. The van der Waals surface area contributed by atoms with Crippen molar-refractivity contribution in [1.29, 1.82) is 0 Å². The zero-order valence-corrected chi connectivity index (χ0v) is 15.3. The molecule has 0 saturated carbocycles. The number of rotatable bonds is 5. The summed E-state index contributed by atoms with van der Waals surface area (Å²) >= 11 is 0. The maximum Gasteiger partial charge on any atom is 0.249 e. The van der Waals surface area contributed by atoms with Gasteiger partial charge in [0, 0.05) is 51.7 Å². The second kappa shape index (κ2) is 7.27. The fourth-order valence-electron chi connectivity index (χ4n) is 3.65. The number of carbonyl (C=O) groups excluding carboxylic acids is 1. The number of likely N-dealkylation sites (tertiary alicyclic amines) is 1. The highest BCUT2D eigenvalue weighted by molar-refractivity contribution is 5.89. The van der Waals surface area contributed by atoms with Gasteiger partial charge in [-0.1, -0.05) is 18.2 Å². The van der Waals surface area contributed by atoms with Gasteiger partial charge in [0.25, 0.3) is 0 Å². The van der Waals surface area contributed by atoms with E-state index in [4.69, 9.17) is 0 Å². The Morgan fingerprint density at radius 1 is 1.32 bits per heavy atom. The summed E-state index contributed by atoms with van der Waals surface area (Å²) in [6.45, 7) is 2.49. The molecule has 0 aliphatic carbocycles. The normalized spacial score (nSPS) is 21.1. The van der Waals surface area contributed by atoms with Crippen LogP contribution >= 0.6 is 0 Å². The molecule has 0 spiro atoms. The average molecular weight is 341 g/mol. The predicted octanol–water partition coefficient (Wildman–Crippen LogP) is 1.95. The van der Waals surface area contributed by atoms with Crippen molar-refractivity contribution in [3.63, 3.8) is 0 Å². The van der Waals surface area contributed by atoms with E-state index in [0.29, 0.717) is 6.54 Å². The van der Waals surface area contributed by atoms with Crippen LogP contribution in [0.2, 0.25) is 0 Å². The monoisotopic (exact) mass is 341 g/mol. The third-order valence-electron chi connectivity index (χ3n) is 4.71. The van der Waals surface area contributed by atoms with Gasteiger partial charge < -0.3 is 10.2 Å². The molecule has 25 heavy (non-hydrogen) atoms. The highest BCUT2D eigenvalue weighted by Crippen LogP contribution is 2.28. The summed E-state index contributed by atoms with van der Waals surface area (Å²) in [5.41, 5.74) is 1.57. The Labute approximate surface area is 149 Å². The Balaban J connectivity index is 1.81. The molecule has 6 heteroatoms. The molecule has 1 fully saturated rings. The molecule has 1 atom stereocenters. The Bertz CT molecular complexity index is 712. The van der Waals surface area contributed by atoms with Gasteiger partial charge in [-0.25, -0.2) is 0 Å². The lowest BCUT2D eigenvalue weighted by Crippen LogP contribution is -2.61. The van der Waals surface area contributed by atoms with Gasteiger partial charge in [-0.3, -0.25) is 14.4 Å². The summed E-state index contributed by atoms with van der Waals surface area (Å²) in [6.07, 6.45) is 5.76. The van der Waals surface area contributed by atoms with E-state index in [2.05, 4.69) is 15.3 Å². The molecule has 6 nitrogen and oxygen atoms in total. The van der Waals surface area contributed by atoms with Crippen molar-refractivity contribution in [3.05, 3.63) is 48.3 Å². The maximum atomic E-state index is 13.0. The number of amides is 1. The Morgan fingerprint density at radius 3 is 2.72 bits per heavy atom. The van der Waals surface area contributed by atoms with E-state index in [1.165, 1.54) is 5.56 Å². The number of likely N-dealkylation sites (N-methyl/N-ethyl adjacent to an activating group) is 1. The lowest BCUT2D eigenvalue weighted by atomic mass is 9.86. The number of aromatic nitrogens is 2. The van der Waals surface area contributed by atoms with Crippen LogP contribution in [0.5, 0.6) is 0 Å². The van der Waals surface area contributed by atoms with Crippen LogP contribution in [0.15, 0.2) is 42.7 Å². The van der Waals surface area contributed by atoms with Gasteiger partial charge in [-0.15, -0.1) is 0 Å². The maximum absolute atomic E-state index is 13.0. The van der Waals surface area contributed by atoms with Crippen molar-refractivity contribution in [2.24, 2.45) is 7.05 Å². The minimum Gasteiger partial charge on any atom is -0.370 e. The van der Waals surface area contributed by atoms with Gasteiger partial charge in [0.05, 0.1) is 6.20 Å². The third-order valence-corrected chi connectivity index (χ3v) is 4.71. The quantitative estimate of drug-likeness (QED) is 0.903. The van der Waals surface area contributed by atoms with Gasteiger partial charge in [0.15, 0.2) is 0 Å². The van der Waals surface area contributed by atoms with Crippen LogP contribution in [-0.4, -0.2) is 58.2 Å². The second-order valence-electron chi connectivity index (χ2n) is 7.11. The average Bonchev–Trinajstić information content (AvgIpc) is 3.00. The molecule has 1 N–H and O–H groups in total. The Hall–Kier alpha value is -2.34. The van der Waals surface area contributed by atoms with Crippen molar-refractivity contribution < 1.29 is 4.79 Å². The van der Waals surface area contributed by atoms with Gasteiger partial charge in [0.2, 0.25) is 5.91 Å². The predicted molar refractivity (Wildman–Crippen MR) is 99.2 cm³/mol. The van der Waals surface area contributed by atoms with E-state index in [-0.39, 0.29) is 5.91 Å². The number of nitrogens with one attached hydrogen (secondary N) is 1. The molecule has 1 aromatic heterocycles. The van der Waals surface area contributed by atoms with Crippen molar-refractivity contribution in [2.75, 3.05) is 32.5 Å². The minimum atomic E-state index is -0.592. The van der Waals surface area contributed by atoms with Crippen molar-refractivity contribution in [1.82, 2.24) is 19.6 Å². The zero-order valence-electron chi connectivity index (χ0n) is 15.3. The first kappa shape index (κ1) is 17.5. The molecule has 1 aromatic carbocycles. The molecule has 134 valence electrons. The number of anilines is 1. The molecular formula is C19H27N5O.